The number of benzene rings is 2. The highest BCUT2D eigenvalue weighted by Crippen LogP contribution is 2.49. The van der Waals surface area contributed by atoms with Crippen molar-refractivity contribution in [1.29, 1.82) is 0 Å². The van der Waals surface area contributed by atoms with Crippen LogP contribution < -0.4 is 14.4 Å². The Bertz CT molecular complexity index is 1180. The second-order valence-electron chi connectivity index (χ2n) is 9.45. The zero-order valence-corrected chi connectivity index (χ0v) is 19.5. The van der Waals surface area contributed by atoms with E-state index in [1.165, 1.54) is 31.3 Å². The minimum Gasteiger partial charge on any atom is -0.493 e. The van der Waals surface area contributed by atoms with Gasteiger partial charge in [0.2, 0.25) is 5.91 Å². The van der Waals surface area contributed by atoms with E-state index in [2.05, 4.69) is 0 Å². The predicted molar refractivity (Wildman–Crippen MR) is 121 cm³/mol. The van der Waals surface area contributed by atoms with Crippen LogP contribution in [0, 0.1) is 5.41 Å². The Hall–Kier alpha value is -3.29. The molecule has 2 aliphatic rings. The summed E-state index contributed by atoms with van der Waals surface area (Å²) >= 11 is 0. The molecule has 0 radical (unpaired) electrons. The molecule has 180 valence electrons. The van der Waals surface area contributed by atoms with Crippen LogP contribution in [0.1, 0.15) is 50.2 Å². The van der Waals surface area contributed by atoms with Gasteiger partial charge in [-0.2, -0.15) is 13.2 Å². The molecule has 0 N–H and O–H groups in total. The molecule has 0 saturated heterocycles. The van der Waals surface area contributed by atoms with Crippen molar-refractivity contribution in [2.75, 3.05) is 19.1 Å². The minimum atomic E-state index is -4.55. The number of alkyl halides is 3. The third-order valence-corrected chi connectivity index (χ3v) is 6.38. The van der Waals surface area contributed by atoms with Gasteiger partial charge in [-0.05, 0) is 47.7 Å². The quantitative estimate of drug-likeness (QED) is 0.556. The van der Waals surface area contributed by atoms with Crippen LogP contribution in [0.2, 0.25) is 0 Å². The Morgan fingerprint density at radius 3 is 2.32 bits per heavy atom. The molecular weight excluding hydrogens is 447 g/mol. The number of rotatable bonds is 4. The van der Waals surface area contributed by atoms with E-state index >= 15 is 0 Å². The van der Waals surface area contributed by atoms with E-state index in [4.69, 9.17) is 9.47 Å². The summed E-state index contributed by atoms with van der Waals surface area (Å²) in [5, 5.41) is 0. The molecule has 0 bridgehead atoms. The lowest BCUT2D eigenvalue weighted by Crippen LogP contribution is -2.43. The second-order valence-corrected chi connectivity index (χ2v) is 9.45. The summed E-state index contributed by atoms with van der Waals surface area (Å²) in [6.07, 6.45) is -3.91. The highest BCUT2D eigenvalue weighted by Gasteiger charge is 2.45. The lowest BCUT2D eigenvalue weighted by Gasteiger charge is -2.43. The van der Waals surface area contributed by atoms with Crippen LogP contribution in [0.4, 0.5) is 18.9 Å². The van der Waals surface area contributed by atoms with E-state index in [0.717, 1.165) is 17.7 Å². The summed E-state index contributed by atoms with van der Waals surface area (Å²) in [4.78, 5) is 28.1. The molecule has 1 heterocycles. The summed E-state index contributed by atoms with van der Waals surface area (Å²) in [6, 6.07) is 9.93. The molecule has 2 aromatic carbocycles. The van der Waals surface area contributed by atoms with Gasteiger partial charge in [0.15, 0.2) is 17.3 Å². The van der Waals surface area contributed by atoms with Crippen LogP contribution in [-0.2, 0) is 15.8 Å². The number of carbonyl (C=O) groups is 2. The van der Waals surface area contributed by atoms with Crippen molar-refractivity contribution < 1.29 is 32.2 Å². The molecule has 2 aromatic rings. The molecule has 1 aliphatic heterocycles. The van der Waals surface area contributed by atoms with Gasteiger partial charge < -0.3 is 9.47 Å². The number of anilines is 1. The molecule has 0 aromatic heterocycles. The standard InChI is InChI=1S/C26H26F3NO4/c1-25(2)13-19-24(20(31)14-25)18(15-8-9-21(33-3)22(10-15)34-4)12-23(32)30(19)17-7-5-6-16(11-17)26(27,28)29/h5-11,18H,12-14H2,1-4H3. The molecule has 1 amide bonds. The molecular formula is C26H26F3NO4. The molecule has 0 fully saturated rings. The number of ketones is 1. The van der Waals surface area contributed by atoms with Crippen LogP contribution >= 0.6 is 0 Å². The maximum absolute atomic E-state index is 13.4. The first-order valence-corrected chi connectivity index (χ1v) is 10.9. The van der Waals surface area contributed by atoms with Crippen molar-refractivity contribution >= 4 is 17.4 Å². The second kappa shape index (κ2) is 8.49. The number of nitrogens with zero attached hydrogens (tertiary/aromatic N) is 1. The third kappa shape index (κ3) is 4.29. The highest BCUT2D eigenvalue weighted by molar-refractivity contribution is 6.07. The summed E-state index contributed by atoms with van der Waals surface area (Å²) in [5.41, 5.74) is 0.498. The Morgan fingerprint density at radius 2 is 1.68 bits per heavy atom. The predicted octanol–water partition coefficient (Wildman–Crippen LogP) is 5.89. The summed E-state index contributed by atoms with van der Waals surface area (Å²) < 4.78 is 50.8. The molecule has 5 nitrogen and oxygen atoms in total. The Morgan fingerprint density at radius 1 is 0.971 bits per heavy atom. The van der Waals surface area contributed by atoms with E-state index in [9.17, 15) is 22.8 Å². The Balaban J connectivity index is 1.89. The van der Waals surface area contributed by atoms with Crippen LogP contribution in [0.3, 0.4) is 0 Å². The lowest BCUT2D eigenvalue weighted by atomic mass is 9.69. The third-order valence-electron chi connectivity index (χ3n) is 6.38. The van der Waals surface area contributed by atoms with Crippen molar-refractivity contribution in [3.8, 4) is 11.5 Å². The first-order valence-electron chi connectivity index (χ1n) is 10.9. The van der Waals surface area contributed by atoms with Crippen molar-refractivity contribution in [3.63, 3.8) is 0 Å². The summed E-state index contributed by atoms with van der Waals surface area (Å²) in [7, 11) is 3.02. The molecule has 8 heteroatoms. The number of Topliss-reactive ketones (excluding diaryl/α,β-unsaturated/α-hetero) is 1. The number of hydrogen-bond donors (Lipinski definition) is 0. The van der Waals surface area contributed by atoms with Crippen molar-refractivity contribution in [2.24, 2.45) is 5.41 Å². The SMILES string of the molecule is COc1ccc(C2CC(=O)N(c3cccc(C(F)(F)F)c3)C3=C2C(=O)CC(C)(C)C3)cc1OC. The highest BCUT2D eigenvalue weighted by atomic mass is 19.4. The number of ether oxygens (including phenoxy) is 2. The number of allylic oxidation sites excluding steroid dienone is 2. The van der Waals surface area contributed by atoms with E-state index < -0.39 is 23.1 Å². The average molecular weight is 473 g/mol. The normalized spacial score (nSPS) is 20.3. The fourth-order valence-electron chi connectivity index (χ4n) is 4.89. The summed E-state index contributed by atoms with van der Waals surface area (Å²) in [6.45, 7) is 3.84. The molecule has 34 heavy (non-hydrogen) atoms. The van der Waals surface area contributed by atoms with E-state index in [-0.39, 0.29) is 23.8 Å². The van der Waals surface area contributed by atoms with Gasteiger partial charge in [-0.15, -0.1) is 0 Å². The van der Waals surface area contributed by atoms with Crippen molar-refractivity contribution in [1.82, 2.24) is 0 Å². The maximum Gasteiger partial charge on any atom is 0.416 e. The zero-order valence-electron chi connectivity index (χ0n) is 19.5. The Labute approximate surface area is 196 Å². The van der Waals surface area contributed by atoms with Crippen LogP contribution in [-0.4, -0.2) is 25.9 Å². The number of carbonyl (C=O) groups excluding carboxylic acids is 2. The van der Waals surface area contributed by atoms with Gasteiger partial charge in [-0.25, -0.2) is 0 Å². The van der Waals surface area contributed by atoms with E-state index in [1.54, 1.807) is 18.2 Å². The monoisotopic (exact) mass is 473 g/mol. The molecule has 4 rings (SSSR count). The molecule has 1 aliphatic carbocycles. The average Bonchev–Trinajstić information content (AvgIpc) is 2.76. The van der Waals surface area contributed by atoms with Gasteiger partial charge >= 0.3 is 6.18 Å². The van der Waals surface area contributed by atoms with Gasteiger partial charge in [-0.1, -0.05) is 26.0 Å². The molecule has 0 spiro atoms. The first-order chi connectivity index (χ1) is 15.9. The fourth-order valence-corrected chi connectivity index (χ4v) is 4.89. The van der Waals surface area contributed by atoms with Crippen molar-refractivity contribution in [3.05, 3.63) is 64.9 Å². The van der Waals surface area contributed by atoms with Crippen LogP contribution in [0.5, 0.6) is 11.5 Å². The maximum atomic E-state index is 13.4. The van der Waals surface area contributed by atoms with Gasteiger partial charge in [-0.3, -0.25) is 14.5 Å². The fraction of sp³-hybridized carbons (Fsp3) is 0.385. The van der Waals surface area contributed by atoms with Gasteiger partial charge in [0.1, 0.15) is 0 Å². The zero-order chi connectivity index (χ0) is 24.8. The van der Waals surface area contributed by atoms with Crippen LogP contribution in [0.15, 0.2) is 53.7 Å². The first kappa shape index (κ1) is 23.9. The number of amides is 1. The minimum absolute atomic E-state index is 0.0449. The number of hydrogen-bond acceptors (Lipinski definition) is 4. The van der Waals surface area contributed by atoms with Crippen molar-refractivity contribution in [2.45, 2.75) is 45.2 Å². The topological polar surface area (TPSA) is 55.8 Å². The van der Waals surface area contributed by atoms with Crippen LogP contribution in [0.25, 0.3) is 0 Å². The van der Waals surface area contributed by atoms with Gasteiger partial charge in [0.25, 0.3) is 0 Å². The van der Waals surface area contributed by atoms with E-state index in [1.807, 2.05) is 13.8 Å². The van der Waals surface area contributed by atoms with E-state index in [0.29, 0.717) is 35.6 Å². The molecule has 1 atom stereocenters. The molecule has 1 unspecified atom stereocenters. The smallest absolute Gasteiger partial charge is 0.416 e. The largest absolute Gasteiger partial charge is 0.493 e. The van der Waals surface area contributed by atoms with Gasteiger partial charge in [0, 0.05) is 35.7 Å². The lowest BCUT2D eigenvalue weighted by molar-refractivity contribution is -0.137. The number of methoxy groups -OCH3 is 2. The number of halogens is 3. The Kier molecular flexibility index (Phi) is 5.96. The summed E-state index contributed by atoms with van der Waals surface area (Å²) in [5.74, 6) is 0.00889. The molecule has 0 saturated carbocycles. The van der Waals surface area contributed by atoms with Gasteiger partial charge in [0.05, 0.1) is 19.8 Å².